The van der Waals surface area contributed by atoms with E-state index in [0.29, 0.717) is 28.2 Å². The highest BCUT2D eigenvalue weighted by molar-refractivity contribution is 6.31. The van der Waals surface area contributed by atoms with Crippen molar-refractivity contribution < 1.29 is 13.9 Å². The molecule has 0 spiro atoms. The molecule has 3 rings (SSSR count). The molecule has 8 heteroatoms. The summed E-state index contributed by atoms with van der Waals surface area (Å²) in [6.45, 7) is 4.03. The number of ether oxygens (including phenoxy) is 1. The fraction of sp³-hybridized carbons (Fsp3) is 0.286. The summed E-state index contributed by atoms with van der Waals surface area (Å²) in [6, 6.07) is 12.7. The monoisotopic (exact) mass is 414 g/mol. The highest BCUT2D eigenvalue weighted by atomic mass is 35.5. The summed E-state index contributed by atoms with van der Waals surface area (Å²) < 4.78 is 11.1. The van der Waals surface area contributed by atoms with Crippen molar-refractivity contribution in [3.63, 3.8) is 0 Å². The number of aromatic nitrogens is 2. The Morgan fingerprint density at radius 3 is 2.79 bits per heavy atom. The zero-order valence-corrected chi connectivity index (χ0v) is 17.5. The number of methoxy groups -OCH3 is 1. The number of aryl methyl sites for hydroxylation is 1. The third kappa shape index (κ3) is 5.13. The van der Waals surface area contributed by atoms with Gasteiger partial charge in [-0.05, 0) is 51.2 Å². The van der Waals surface area contributed by atoms with E-state index >= 15 is 0 Å². The largest absolute Gasteiger partial charge is 0.495 e. The van der Waals surface area contributed by atoms with E-state index in [-0.39, 0.29) is 18.5 Å². The smallest absolute Gasteiger partial charge is 0.247 e. The van der Waals surface area contributed by atoms with Crippen LogP contribution in [0.3, 0.4) is 0 Å². The van der Waals surface area contributed by atoms with Gasteiger partial charge in [-0.25, -0.2) is 0 Å². The Bertz CT molecular complexity index is 1010. The van der Waals surface area contributed by atoms with E-state index < -0.39 is 0 Å². The van der Waals surface area contributed by atoms with Crippen LogP contribution in [0.4, 0.5) is 5.69 Å². The Kier molecular flexibility index (Phi) is 6.51. The first-order valence-corrected chi connectivity index (χ1v) is 9.49. The van der Waals surface area contributed by atoms with E-state index in [1.165, 1.54) is 7.11 Å². The lowest BCUT2D eigenvalue weighted by molar-refractivity contribution is -0.117. The number of halogens is 1. The van der Waals surface area contributed by atoms with Gasteiger partial charge in [-0.15, -0.1) is 10.2 Å². The number of likely N-dealkylation sites (N-methyl/N-ethyl adjacent to an activating group) is 1. The zero-order chi connectivity index (χ0) is 21.0. The molecule has 3 aromatic rings. The number of anilines is 1. The van der Waals surface area contributed by atoms with Crippen molar-refractivity contribution in [2.45, 2.75) is 19.9 Å². The summed E-state index contributed by atoms with van der Waals surface area (Å²) >= 11 is 6.01. The van der Waals surface area contributed by atoms with Crippen LogP contribution in [0.15, 0.2) is 46.9 Å². The highest BCUT2D eigenvalue weighted by Gasteiger charge is 2.21. The number of nitrogens with one attached hydrogen (secondary N) is 1. The molecule has 1 atom stereocenters. The Hall–Kier alpha value is -2.90. The van der Waals surface area contributed by atoms with E-state index in [9.17, 15) is 4.79 Å². The van der Waals surface area contributed by atoms with Gasteiger partial charge in [-0.2, -0.15) is 0 Å². The van der Waals surface area contributed by atoms with Crippen LogP contribution >= 0.6 is 11.6 Å². The van der Waals surface area contributed by atoms with Crippen LogP contribution < -0.4 is 10.1 Å². The molecule has 0 unspecified atom stereocenters. The predicted molar refractivity (Wildman–Crippen MR) is 112 cm³/mol. The SMILES string of the molecule is COc1ccc(Cl)cc1NC(=O)CN(C)[C@H](C)c1nnc(-c2cccc(C)c2)o1. The number of benzene rings is 2. The molecule has 1 N–H and O–H groups in total. The average Bonchev–Trinajstić information content (AvgIpc) is 3.17. The second-order valence-electron chi connectivity index (χ2n) is 6.80. The third-order valence-corrected chi connectivity index (χ3v) is 4.79. The maximum Gasteiger partial charge on any atom is 0.247 e. The fourth-order valence-corrected chi connectivity index (χ4v) is 2.99. The lowest BCUT2D eigenvalue weighted by Gasteiger charge is -2.21. The molecule has 0 fully saturated rings. The molecule has 1 amide bonds. The topological polar surface area (TPSA) is 80.5 Å². The number of rotatable bonds is 7. The van der Waals surface area contributed by atoms with Crippen molar-refractivity contribution in [3.8, 4) is 17.2 Å². The molecular formula is C21H23ClN4O3. The third-order valence-electron chi connectivity index (χ3n) is 4.55. The van der Waals surface area contributed by atoms with Crippen LogP contribution in [0, 0.1) is 6.92 Å². The molecule has 0 saturated heterocycles. The second-order valence-corrected chi connectivity index (χ2v) is 7.24. The normalized spacial score (nSPS) is 12.1. The lowest BCUT2D eigenvalue weighted by Crippen LogP contribution is -2.32. The molecule has 0 radical (unpaired) electrons. The Morgan fingerprint density at radius 2 is 2.07 bits per heavy atom. The number of hydrogen-bond donors (Lipinski definition) is 1. The lowest BCUT2D eigenvalue weighted by atomic mass is 10.1. The van der Waals surface area contributed by atoms with Gasteiger partial charge in [0.05, 0.1) is 25.4 Å². The van der Waals surface area contributed by atoms with Crippen LogP contribution in [0.1, 0.15) is 24.4 Å². The molecular weight excluding hydrogens is 392 g/mol. The van der Waals surface area contributed by atoms with Gasteiger partial charge in [0.25, 0.3) is 0 Å². The molecule has 152 valence electrons. The number of carbonyl (C=O) groups is 1. The Labute approximate surface area is 174 Å². The van der Waals surface area contributed by atoms with Crippen molar-refractivity contribution in [3.05, 3.63) is 58.9 Å². The highest BCUT2D eigenvalue weighted by Crippen LogP contribution is 2.28. The van der Waals surface area contributed by atoms with Crippen molar-refractivity contribution in [1.29, 1.82) is 0 Å². The number of carbonyl (C=O) groups excluding carboxylic acids is 1. The van der Waals surface area contributed by atoms with E-state index in [4.69, 9.17) is 20.8 Å². The molecule has 7 nitrogen and oxygen atoms in total. The quantitative estimate of drug-likeness (QED) is 0.619. The molecule has 1 aromatic heterocycles. The van der Waals surface area contributed by atoms with E-state index in [0.717, 1.165) is 11.1 Å². The van der Waals surface area contributed by atoms with Crippen molar-refractivity contribution in [1.82, 2.24) is 15.1 Å². The van der Waals surface area contributed by atoms with Gasteiger partial charge >= 0.3 is 0 Å². The molecule has 1 heterocycles. The maximum absolute atomic E-state index is 12.5. The van der Waals surface area contributed by atoms with Crippen LogP contribution in [-0.4, -0.2) is 41.7 Å². The minimum atomic E-state index is -0.243. The van der Waals surface area contributed by atoms with Gasteiger partial charge in [0.15, 0.2) is 0 Å². The molecule has 2 aromatic carbocycles. The van der Waals surface area contributed by atoms with Gasteiger partial charge < -0.3 is 14.5 Å². The number of hydrogen-bond acceptors (Lipinski definition) is 6. The minimum Gasteiger partial charge on any atom is -0.495 e. The summed E-state index contributed by atoms with van der Waals surface area (Å²) in [5.41, 5.74) is 2.50. The maximum atomic E-state index is 12.5. The molecule has 0 aliphatic heterocycles. The van der Waals surface area contributed by atoms with E-state index in [1.807, 2.05) is 50.1 Å². The first-order valence-electron chi connectivity index (χ1n) is 9.11. The average molecular weight is 415 g/mol. The van der Waals surface area contributed by atoms with Gasteiger partial charge in [0, 0.05) is 10.6 Å². The number of nitrogens with zero attached hydrogens (tertiary/aromatic N) is 3. The van der Waals surface area contributed by atoms with Gasteiger partial charge in [-0.1, -0.05) is 29.3 Å². The van der Waals surface area contributed by atoms with E-state index in [1.54, 1.807) is 18.2 Å². The molecule has 0 aliphatic carbocycles. The summed E-state index contributed by atoms with van der Waals surface area (Å²) in [5.74, 6) is 1.23. The van der Waals surface area contributed by atoms with Gasteiger partial charge in [0.2, 0.25) is 17.7 Å². The van der Waals surface area contributed by atoms with Gasteiger partial charge in [-0.3, -0.25) is 9.69 Å². The van der Waals surface area contributed by atoms with Gasteiger partial charge in [0.1, 0.15) is 5.75 Å². The minimum absolute atomic E-state index is 0.124. The van der Waals surface area contributed by atoms with E-state index in [2.05, 4.69) is 15.5 Å². The first kappa shape index (κ1) is 20.8. The molecule has 0 aliphatic rings. The van der Waals surface area contributed by atoms with Crippen LogP contribution in [0.2, 0.25) is 5.02 Å². The van der Waals surface area contributed by atoms with Crippen LogP contribution in [0.5, 0.6) is 5.75 Å². The summed E-state index contributed by atoms with van der Waals surface area (Å²) in [7, 11) is 3.35. The zero-order valence-electron chi connectivity index (χ0n) is 16.8. The number of amides is 1. The van der Waals surface area contributed by atoms with Crippen molar-refractivity contribution in [2.75, 3.05) is 26.0 Å². The molecule has 29 heavy (non-hydrogen) atoms. The second kappa shape index (κ2) is 9.07. The van der Waals surface area contributed by atoms with Crippen LogP contribution in [-0.2, 0) is 4.79 Å². The fourth-order valence-electron chi connectivity index (χ4n) is 2.82. The Balaban J connectivity index is 1.65. The van der Waals surface area contributed by atoms with Crippen molar-refractivity contribution >= 4 is 23.2 Å². The molecule has 0 saturated carbocycles. The predicted octanol–water partition coefficient (Wildman–Crippen LogP) is 4.34. The molecule has 0 bridgehead atoms. The van der Waals surface area contributed by atoms with Crippen molar-refractivity contribution in [2.24, 2.45) is 0 Å². The van der Waals surface area contributed by atoms with Crippen LogP contribution in [0.25, 0.3) is 11.5 Å². The summed E-state index contributed by atoms with van der Waals surface area (Å²) in [6.07, 6.45) is 0. The first-order chi connectivity index (χ1) is 13.9. The Morgan fingerprint density at radius 1 is 1.28 bits per heavy atom. The standard InChI is InChI=1S/C21H23ClN4O3/c1-13-6-5-7-15(10-13)21-25-24-20(29-21)14(2)26(3)12-19(27)23-17-11-16(22)8-9-18(17)28-4/h5-11,14H,12H2,1-4H3,(H,23,27)/t14-/m1/s1. The summed E-state index contributed by atoms with van der Waals surface area (Å²) in [5, 5.41) is 11.6. The summed E-state index contributed by atoms with van der Waals surface area (Å²) in [4.78, 5) is 14.3.